The van der Waals surface area contributed by atoms with Crippen LogP contribution in [0.15, 0.2) is 50.6 Å². The second-order valence-corrected chi connectivity index (χ2v) is 8.80. The van der Waals surface area contributed by atoms with Crippen molar-refractivity contribution >= 4 is 21.6 Å². The number of nitrogens with one attached hydrogen (secondary N) is 2. The molecular weight excluding hydrogens is 396 g/mol. The maximum absolute atomic E-state index is 12.8. The van der Waals surface area contributed by atoms with Gasteiger partial charge in [-0.3, -0.25) is 14.3 Å². The van der Waals surface area contributed by atoms with Crippen LogP contribution in [-0.2, 0) is 10.0 Å². The van der Waals surface area contributed by atoms with E-state index in [1.807, 2.05) is 0 Å². The van der Waals surface area contributed by atoms with Gasteiger partial charge < -0.3 is 5.32 Å². The van der Waals surface area contributed by atoms with Crippen LogP contribution in [-0.4, -0.2) is 42.9 Å². The van der Waals surface area contributed by atoms with Crippen molar-refractivity contribution < 1.29 is 17.7 Å². The third-order valence-corrected chi connectivity index (χ3v) is 6.42. The molecule has 0 spiro atoms. The summed E-state index contributed by atoms with van der Waals surface area (Å²) in [5, 5.41) is 6.35. The molecular formula is C19H20N4O5S. The van der Waals surface area contributed by atoms with Crippen molar-refractivity contribution in [3.63, 3.8) is 0 Å². The van der Waals surface area contributed by atoms with Crippen LogP contribution in [0, 0.1) is 13.8 Å². The first kappa shape index (κ1) is 20.5. The molecule has 10 heteroatoms. The second-order valence-electron chi connectivity index (χ2n) is 6.68. The molecule has 9 nitrogen and oxygen atoms in total. The topological polar surface area (TPSA) is 125 Å². The first-order chi connectivity index (χ1) is 13.6. The normalized spacial score (nSPS) is 11.6. The van der Waals surface area contributed by atoms with Crippen molar-refractivity contribution in [2.45, 2.75) is 18.7 Å². The van der Waals surface area contributed by atoms with Gasteiger partial charge in [0, 0.05) is 30.9 Å². The average Bonchev–Trinajstić information content (AvgIpc) is 3.10. The molecule has 1 aromatic heterocycles. The Balaban J connectivity index is 1.94. The summed E-state index contributed by atoms with van der Waals surface area (Å²) in [6.45, 7) is 3.46. The molecule has 2 aromatic carbocycles. The second kappa shape index (κ2) is 7.64. The zero-order chi connectivity index (χ0) is 21.3. The Morgan fingerprint density at radius 1 is 1.17 bits per heavy atom. The number of amides is 1. The van der Waals surface area contributed by atoms with Crippen molar-refractivity contribution in [3.05, 3.63) is 63.6 Å². The average molecular weight is 416 g/mol. The predicted molar refractivity (Wildman–Crippen MR) is 107 cm³/mol. The number of rotatable bonds is 5. The number of aryl methyl sites for hydroxylation is 1. The molecule has 1 heterocycles. The zero-order valence-corrected chi connectivity index (χ0v) is 17.1. The fourth-order valence-electron chi connectivity index (χ4n) is 2.72. The molecule has 0 fully saturated rings. The number of H-pyrrole nitrogens is 1. The molecule has 0 aliphatic rings. The number of nitrogens with zero attached hydrogens (tertiary/aromatic N) is 2. The largest absolute Gasteiger partial charge is 0.439 e. The van der Waals surface area contributed by atoms with Crippen molar-refractivity contribution in [1.29, 1.82) is 0 Å². The fraction of sp³-hybridized carbons (Fsp3) is 0.211. The van der Waals surface area contributed by atoms with E-state index in [0.717, 1.165) is 4.31 Å². The third-order valence-electron chi connectivity index (χ3n) is 4.47. The van der Waals surface area contributed by atoms with Gasteiger partial charge in [0.05, 0.1) is 4.90 Å². The zero-order valence-electron chi connectivity index (χ0n) is 16.3. The van der Waals surface area contributed by atoms with E-state index in [1.165, 1.54) is 20.2 Å². The van der Waals surface area contributed by atoms with Gasteiger partial charge in [0.15, 0.2) is 5.82 Å². The van der Waals surface area contributed by atoms with Crippen LogP contribution in [0.3, 0.4) is 0 Å². The van der Waals surface area contributed by atoms with Crippen LogP contribution in [0.4, 0.5) is 5.69 Å². The minimum absolute atomic E-state index is 0.0848. The monoisotopic (exact) mass is 416 g/mol. The number of carbonyl (C=O) groups excluding carboxylic acids is 1. The van der Waals surface area contributed by atoms with E-state index in [-0.39, 0.29) is 16.3 Å². The van der Waals surface area contributed by atoms with Gasteiger partial charge in [-0.15, -0.1) is 0 Å². The lowest BCUT2D eigenvalue weighted by Gasteiger charge is -2.16. The highest BCUT2D eigenvalue weighted by atomic mass is 32.2. The molecule has 0 aliphatic heterocycles. The number of aromatic nitrogens is 2. The summed E-state index contributed by atoms with van der Waals surface area (Å²) in [7, 11) is -0.816. The highest BCUT2D eigenvalue weighted by Gasteiger charge is 2.23. The van der Waals surface area contributed by atoms with Gasteiger partial charge >= 0.3 is 5.76 Å². The van der Waals surface area contributed by atoms with E-state index in [2.05, 4.69) is 20.0 Å². The number of benzene rings is 2. The standard InChI is InChI=1S/C19H20N4O5S/c1-11-8-14(10-16(12(11)2)29(26,27)23(3)4)18(24)20-15-7-5-6-13(9-15)17-21-19(25)28-22-17/h5-10H,1-4H3,(H,20,24)(H,21,22,25). The van der Waals surface area contributed by atoms with Crippen LogP contribution >= 0.6 is 0 Å². The van der Waals surface area contributed by atoms with Crippen molar-refractivity contribution in [3.8, 4) is 11.4 Å². The van der Waals surface area contributed by atoms with E-state index in [1.54, 1.807) is 44.2 Å². The summed E-state index contributed by atoms with van der Waals surface area (Å²) in [4.78, 5) is 26.4. The number of anilines is 1. The minimum atomic E-state index is -3.70. The van der Waals surface area contributed by atoms with Gasteiger partial charge in [-0.1, -0.05) is 17.3 Å². The maximum Gasteiger partial charge on any atom is 0.439 e. The molecule has 0 radical (unpaired) electrons. The molecule has 3 aromatic rings. The third kappa shape index (κ3) is 4.13. The molecule has 0 saturated carbocycles. The molecule has 29 heavy (non-hydrogen) atoms. The Hall–Kier alpha value is -3.24. The Kier molecular flexibility index (Phi) is 5.40. The SMILES string of the molecule is Cc1cc(C(=O)Nc2cccc(-c3noc(=O)[nH]3)c2)cc(S(=O)(=O)N(C)C)c1C. The molecule has 3 rings (SSSR count). The Bertz CT molecular complexity index is 1240. The molecule has 0 saturated heterocycles. The number of sulfonamides is 1. The van der Waals surface area contributed by atoms with Crippen molar-refractivity contribution in [1.82, 2.24) is 14.4 Å². The molecule has 0 bridgehead atoms. The number of carbonyl (C=O) groups is 1. The lowest BCUT2D eigenvalue weighted by atomic mass is 10.1. The fourth-order valence-corrected chi connectivity index (χ4v) is 3.94. The van der Waals surface area contributed by atoms with Crippen molar-refractivity contribution in [2.24, 2.45) is 0 Å². The lowest BCUT2D eigenvalue weighted by molar-refractivity contribution is 0.102. The molecule has 2 N–H and O–H groups in total. The molecule has 0 aliphatic carbocycles. The number of hydrogen-bond donors (Lipinski definition) is 2. The van der Waals surface area contributed by atoms with E-state index in [4.69, 9.17) is 0 Å². The van der Waals surface area contributed by atoms with Crippen LogP contribution in [0.25, 0.3) is 11.4 Å². The molecule has 0 unspecified atom stereocenters. The van der Waals surface area contributed by atoms with Gasteiger partial charge in [-0.05, 0) is 49.2 Å². The lowest BCUT2D eigenvalue weighted by Crippen LogP contribution is -2.24. The first-order valence-corrected chi connectivity index (χ1v) is 10.0. The van der Waals surface area contributed by atoms with E-state index in [0.29, 0.717) is 22.4 Å². The van der Waals surface area contributed by atoms with Crippen LogP contribution < -0.4 is 11.1 Å². The van der Waals surface area contributed by atoms with E-state index in [9.17, 15) is 18.0 Å². The summed E-state index contributed by atoms with van der Waals surface area (Å²) < 4.78 is 30.8. The molecule has 0 atom stereocenters. The van der Waals surface area contributed by atoms with Gasteiger partial charge in [-0.25, -0.2) is 17.5 Å². The smallest absolute Gasteiger partial charge is 0.322 e. The highest BCUT2D eigenvalue weighted by molar-refractivity contribution is 7.89. The maximum atomic E-state index is 12.8. The van der Waals surface area contributed by atoms with Gasteiger partial charge in [0.2, 0.25) is 10.0 Å². The Morgan fingerprint density at radius 3 is 2.52 bits per heavy atom. The van der Waals surface area contributed by atoms with Crippen LogP contribution in [0.1, 0.15) is 21.5 Å². The summed E-state index contributed by atoms with van der Waals surface area (Å²) in [6, 6.07) is 9.66. The van der Waals surface area contributed by atoms with Gasteiger partial charge in [-0.2, -0.15) is 0 Å². The van der Waals surface area contributed by atoms with Crippen molar-refractivity contribution in [2.75, 3.05) is 19.4 Å². The highest BCUT2D eigenvalue weighted by Crippen LogP contribution is 2.24. The quantitative estimate of drug-likeness (QED) is 0.656. The first-order valence-electron chi connectivity index (χ1n) is 8.61. The van der Waals surface area contributed by atoms with E-state index < -0.39 is 21.7 Å². The number of hydrogen-bond acceptors (Lipinski definition) is 6. The summed E-state index contributed by atoms with van der Waals surface area (Å²) >= 11 is 0. The predicted octanol–water partition coefficient (Wildman–Crippen LogP) is 2.15. The molecule has 1 amide bonds. The Morgan fingerprint density at radius 2 is 1.90 bits per heavy atom. The van der Waals surface area contributed by atoms with Crippen LogP contribution in [0.5, 0.6) is 0 Å². The van der Waals surface area contributed by atoms with Gasteiger partial charge in [0.1, 0.15) is 0 Å². The van der Waals surface area contributed by atoms with Crippen LogP contribution in [0.2, 0.25) is 0 Å². The Labute approximate surface area is 167 Å². The summed E-state index contributed by atoms with van der Waals surface area (Å²) in [5.41, 5.74) is 2.49. The summed E-state index contributed by atoms with van der Waals surface area (Å²) in [5.74, 6) is -0.912. The number of aromatic amines is 1. The minimum Gasteiger partial charge on any atom is -0.322 e. The van der Waals surface area contributed by atoms with E-state index >= 15 is 0 Å². The van der Waals surface area contributed by atoms with Gasteiger partial charge in [0.25, 0.3) is 5.91 Å². The molecule has 152 valence electrons. The summed E-state index contributed by atoms with van der Waals surface area (Å²) in [6.07, 6.45) is 0.